The summed E-state index contributed by atoms with van der Waals surface area (Å²) >= 11 is 0. The molecule has 120 valence electrons. The van der Waals surface area contributed by atoms with Crippen LogP contribution < -0.4 is 5.32 Å². The molecule has 0 aromatic heterocycles. The number of carbonyl (C=O) groups excluding carboxylic acids is 1. The Hall–Kier alpha value is -1.06. The van der Waals surface area contributed by atoms with Crippen molar-refractivity contribution in [3.63, 3.8) is 0 Å². The van der Waals surface area contributed by atoms with Gasteiger partial charge in [-0.25, -0.2) is 0 Å². The van der Waals surface area contributed by atoms with Crippen LogP contribution in [-0.4, -0.2) is 23.5 Å². The lowest BCUT2D eigenvalue weighted by atomic mass is 9.82. The standard InChI is InChI=1S/C17H29NO3/c1-3-17(4-2,16(20)21)11-18-15(19)14-10-13(14)12-8-6-5-7-9-12/h12-14H,3-11H2,1-2H3,(H,18,19)(H,20,21). The zero-order valence-corrected chi connectivity index (χ0v) is 13.4. The SMILES string of the molecule is CCC(CC)(CNC(=O)C1CC1C1CCCCC1)C(=O)O. The van der Waals surface area contributed by atoms with E-state index < -0.39 is 11.4 Å². The quantitative estimate of drug-likeness (QED) is 0.758. The molecule has 2 fully saturated rings. The Morgan fingerprint density at radius 1 is 1.14 bits per heavy atom. The molecule has 0 saturated heterocycles. The molecule has 0 spiro atoms. The Kier molecular flexibility index (Phi) is 5.28. The topological polar surface area (TPSA) is 66.4 Å². The van der Waals surface area contributed by atoms with Crippen LogP contribution in [0.15, 0.2) is 0 Å². The van der Waals surface area contributed by atoms with E-state index in [1.54, 1.807) is 0 Å². The van der Waals surface area contributed by atoms with Crippen molar-refractivity contribution >= 4 is 11.9 Å². The second-order valence-electron chi connectivity index (χ2n) is 6.91. The van der Waals surface area contributed by atoms with Crippen LogP contribution in [0.1, 0.15) is 65.2 Å². The molecule has 4 nitrogen and oxygen atoms in total. The van der Waals surface area contributed by atoms with Crippen LogP contribution >= 0.6 is 0 Å². The fourth-order valence-electron chi connectivity index (χ4n) is 3.86. The Morgan fingerprint density at radius 3 is 2.29 bits per heavy atom. The van der Waals surface area contributed by atoms with Gasteiger partial charge in [0, 0.05) is 12.5 Å². The van der Waals surface area contributed by atoms with Gasteiger partial charge in [0.1, 0.15) is 0 Å². The number of carboxylic acid groups (broad SMARTS) is 1. The van der Waals surface area contributed by atoms with Crippen LogP contribution in [-0.2, 0) is 9.59 Å². The van der Waals surface area contributed by atoms with Crippen LogP contribution in [0.5, 0.6) is 0 Å². The summed E-state index contributed by atoms with van der Waals surface area (Å²) in [5.41, 5.74) is -0.801. The highest BCUT2D eigenvalue weighted by atomic mass is 16.4. The normalized spacial score (nSPS) is 26.4. The largest absolute Gasteiger partial charge is 0.481 e. The molecule has 0 aromatic rings. The van der Waals surface area contributed by atoms with Gasteiger partial charge in [0.2, 0.25) is 5.91 Å². The summed E-state index contributed by atoms with van der Waals surface area (Å²) < 4.78 is 0. The van der Waals surface area contributed by atoms with Crippen molar-refractivity contribution in [1.82, 2.24) is 5.32 Å². The van der Waals surface area contributed by atoms with E-state index >= 15 is 0 Å². The Balaban J connectivity index is 1.81. The number of aliphatic carboxylic acids is 1. The van der Waals surface area contributed by atoms with Gasteiger partial charge in [0.25, 0.3) is 0 Å². The monoisotopic (exact) mass is 295 g/mol. The van der Waals surface area contributed by atoms with E-state index in [2.05, 4.69) is 5.32 Å². The lowest BCUT2D eigenvalue weighted by Gasteiger charge is -2.27. The fraction of sp³-hybridized carbons (Fsp3) is 0.882. The second kappa shape index (κ2) is 6.80. The van der Waals surface area contributed by atoms with Crippen molar-refractivity contribution < 1.29 is 14.7 Å². The molecule has 2 unspecified atom stereocenters. The van der Waals surface area contributed by atoms with Crippen molar-refractivity contribution in [3.05, 3.63) is 0 Å². The smallest absolute Gasteiger partial charge is 0.311 e. The molecule has 2 aliphatic rings. The maximum Gasteiger partial charge on any atom is 0.311 e. The van der Waals surface area contributed by atoms with E-state index in [-0.39, 0.29) is 18.4 Å². The first-order chi connectivity index (χ1) is 10.0. The van der Waals surface area contributed by atoms with E-state index in [9.17, 15) is 14.7 Å². The summed E-state index contributed by atoms with van der Waals surface area (Å²) in [4.78, 5) is 23.7. The average Bonchev–Trinajstić information content (AvgIpc) is 3.30. The number of carbonyl (C=O) groups is 2. The summed E-state index contributed by atoms with van der Waals surface area (Å²) in [6.07, 6.45) is 8.62. The highest BCUT2D eigenvalue weighted by molar-refractivity contribution is 5.83. The third-order valence-corrected chi connectivity index (χ3v) is 5.84. The van der Waals surface area contributed by atoms with E-state index in [1.165, 1.54) is 32.1 Å². The van der Waals surface area contributed by atoms with Gasteiger partial charge >= 0.3 is 5.97 Å². The summed E-state index contributed by atoms with van der Waals surface area (Å²) in [7, 11) is 0. The number of carboxylic acids is 1. The minimum atomic E-state index is -0.801. The molecular weight excluding hydrogens is 266 g/mol. The number of hydrogen-bond donors (Lipinski definition) is 2. The number of rotatable bonds is 7. The van der Waals surface area contributed by atoms with Crippen LogP contribution in [0, 0.1) is 23.2 Å². The molecule has 1 amide bonds. The van der Waals surface area contributed by atoms with Crippen LogP contribution in [0.2, 0.25) is 0 Å². The Bertz CT molecular complexity index is 383. The van der Waals surface area contributed by atoms with E-state index in [1.807, 2.05) is 13.8 Å². The van der Waals surface area contributed by atoms with Crippen molar-refractivity contribution in [3.8, 4) is 0 Å². The molecule has 0 aromatic carbocycles. The number of nitrogens with one attached hydrogen (secondary N) is 1. The van der Waals surface area contributed by atoms with Crippen LogP contribution in [0.3, 0.4) is 0 Å². The summed E-state index contributed by atoms with van der Waals surface area (Å²) in [6, 6.07) is 0. The van der Waals surface area contributed by atoms with E-state index in [0.717, 1.165) is 12.3 Å². The maximum atomic E-state index is 12.3. The minimum absolute atomic E-state index is 0.0816. The highest BCUT2D eigenvalue weighted by Gasteiger charge is 2.48. The molecule has 2 saturated carbocycles. The first-order valence-corrected chi connectivity index (χ1v) is 8.55. The molecule has 2 rings (SSSR count). The van der Waals surface area contributed by atoms with Gasteiger partial charge in [-0.05, 0) is 31.1 Å². The van der Waals surface area contributed by atoms with E-state index in [0.29, 0.717) is 18.8 Å². The minimum Gasteiger partial charge on any atom is -0.481 e. The molecule has 4 heteroatoms. The Labute approximate surface area is 127 Å². The summed E-state index contributed by atoms with van der Waals surface area (Å²) in [5, 5.41) is 12.3. The predicted molar refractivity (Wildman–Crippen MR) is 81.8 cm³/mol. The average molecular weight is 295 g/mol. The van der Waals surface area contributed by atoms with Gasteiger partial charge in [0.15, 0.2) is 0 Å². The van der Waals surface area contributed by atoms with Crippen molar-refractivity contribution in [2.24, 2.45) is 23.2 Å². The molecule has 0 heterocycles. The third-order valence-electron chi connectivity index (χ3n) is 5.84. The molecule has 0 radical (unpaired) electrons. The Morgan fingerprint density at radius 2 is 1.76 bits per heavy atom. The molecule has 21 heavy (non-hydrogen) atoms. The summed E-state index contributed by atoms with van der Waals surface area (Å²) in [5.74, 6) is 0.725. The first kappa shape index (κ1) is 16.3. The van der Waals surface area contributed by atoms with Crippen molar-refractivity contribution in [1.29, 1.82) is 0 Å². The van der Waals surface area contributed by atoms with Crippen molar-refractivity contribution in [2.45, 2.75) is 65.2 Å². The van der Waals surface area contributed by atoms with E-state index in [4.69, 9.17) is 0 Å². The number of hydrogen-bond acceptors (Lipinski definition) is 2. The summed E-state index contributed by atoms with van der Waals surface area (Å²) in [6.45, 7) is 4.03. The molecule has 2 aliphatic carbocycles. The van der Waals surface area contributed by atoms with Crippen LogP contribution in [0.4, 0.5) is 0 Å². The second-order valence-corrected chi connectivity index (χ2v) is 6.91. The zero-order valence-electron chi connectivity index (χ0n) is 13.4. The third kappa shape index (κ3) is 3.58. The zero-order chi connectivity index (χ0) is 15.5. The van der Waals surface area contributed by atoms with Gasteiger partial charge in [-0.2, -0.15) is 0 Å². The van der Waals surface area contributed by atoms with Gasteiger partial charge in [-0.1, -0.05) is 46.0 Å². The number of amides is 1. The van der Waals surface area contributed by atoms with Gasteiger partial charge in [0.05, 0.1) is 5.41 Å². The molecule has 2 N–H and O–H groups in total. The first-order valence-electron chi connectivity index (χ1n) is 8.55. The molecular formula is C17H29NO3. The lowest BCUT2D eigenvalue weighted by Crippen LogP contribution is -2.43. The highest BCUT2D eigenvalue weighted by Crippen LogP contribution is 2.49. The van der Waals surface area contributed by atoms with Gasteiger partial charge in [-0.15, -0.1) is 0 Å². The molecule has 0 bridgehead atoms. The van der Waals surface area contributed by atoms with Gasteiger partial charge in [-0.3, -0.25) is 9.59 Å². The fourth-order valence-corrected chi connectivity index (χ4v) is 3.86. The maximum absolute atomic E-state index is 12.3. The molecule has 2 atom stereocenters. The van der Waals surface area contributed by atoms with Gasteiger partial charge < -0.3 is 10.4 Å². The predicted octanol–water partition coefficient (Wildman–Crippen LogP) is 3.21. The lowest BCUT2D eigenvalue weighted by molar-refractivity contribution is -0.149. The molecule has 0 aliphatic heterocycles. The van der Waals surface area contributed by atoms with Crippen LogP contribution in [0.25, 0.3) is 0 Å². The van der Waals surface area contributed by atoms with Crippen molar-refractivity contribution in [2.75, 3.05) is 6.54 Å².